The van der Waals surface area contributed by atoms with E-state index in [9.17, 15) is 24.6 Å². The maximum absolute atomic E-state index is 13.9. The molecule has 1 saturated heterocycles. The number of cyclic esters (lactones) is 1. The van der Waals surface area contributed by atoms with Crippen LogP contribution < -0.4 is 9.80 Å². The fourth-order valence-corrected chi connectivity index (χ4v) is 5.55. The normalized spacial score (nSPS) is 18.8. The van der Waals surface area contributed by atoms with Crippen LogP contribution in [0.25, 0.3) is 0 Å². The Morgan fingerprint density at radius 1 is 1.05 bits per heavy atom. The summed E-state index contributed by atoms with van der Waals surface area (Å²) in [7, 11) is 0. The third-order valence-corrected chi connectivity index (χ3v) is 7.82. The van der Waals surface area contributed by atoms with E-state index in [1.165, 1.54) is 0 Å². The van der Waals surface area contributed by atoms with Crippen molar-refractivity contribution in [2.24, 2.45) is 5.92 Å². The largest absolute Gasteiger partial charge is 0.447 e. The number of amides is 3. The number of anilines is 2. The SMILES string of the molecule is C[C@@H](/C=C/CC(=O)N(CCO)Cc1ccccc1)[C@]1(O)C(=O)N(Cc2cccc(N3CCOC3=O)c2)c2ccccc21. The van der Waals surface area contributed by atoms with Crippen molar-refractivity contribution in [1.82, 2.24) is 4.90 Å². The van der Waals surface area contributed by atoms with Gasteiger partial charge in [-0.25, -0.2) is 4.79 Å². The number of benzene rings is 3. The van der Waals surface area contributed by atoms with Crippen LogP contribution in [0.4, 0.5) is 16.2 Å². The second kappa shape index (κ2) is 12.6. The Labute approximate surface area is 245 Å². The summed E-state index contributed by atoms with van der Waals surface area (Å²) >= 11 is 0. The zero-order chi connectivity index (χ0) is 29.7. The van der Waals surface area contributed by atoms with Gasteiger partial charge in [0, 0.05) is 36.7 Å². The lowest BCUT2D eigenvalue weighted by Gasteiger charge is -2.28. The first-order valence-corrected chi connectivity index (χ1v) is 14.1. The smallest absolute Gasteiger partial charge is 0.414 e. The van der Waals surface area contributed by atoms with Gasteiger partial charge in [0.1, 0.15) is 6.61 Å². The predicted molar refractivity (Wildman–Crippen MR) is 159 cm³/mol. The first-order valence-electron chi connectivity index (χ1n) is 14.1. The molecule has 0 aliphatic carbocycles. The van der Waals surface area contributed by atoms with Crippen molar-refractivity contribution in [2.75, 3.05) is 36.1 Å². The zero-order valence-electron chi connectivity index (χ0n) is 23.6. The average Bonchev–Trinajstić information content (AvgIpc) is 3.53. The van der Waals surface area contributed by atoms with E-state index >= 15 is 0 Å². The number of carbonyl (C=O) groups excluding carboxylic acids is 3. The molecule has 1 fully saturated rings. The molecule has 3 amide bonds. The summed E-state index contributed by atoms with van der Waals surface area (Å²) in [6, 6.07) is 24.1. The van der Waals surface area contributed by atoms with Gasteiger partial charge < -0.3 is 24.7 Å². The molecule has 0 aromatic heterocycles. The Kier molecular flexibility index (Phi) is 8.70. The van der Waals surface area contributed by atoms with Gasteiger partial charge in [0.2, 0.25) is 5.91 Å². The number of carbonyl (C=O) groups is 3. The number of nitrogens with zero attached hydrogens (tertiary/aromatic N) is 3. The van der Waals surface area contributed by atoms with Crippen molar-refractivity contribution < 1.29 is 29.3 Å². The van der Waals surface area contributed by atoms with Gasteiger partial charge in [0.15, 0.2) is 5.60 Å². The summed E-state index contributed by atoms with van der Waals surface area (Å²) in [5, 5.41) is 21.4. The lowest BCUT2D eigenvalue weighted by atomic mass is 9.83. The summed E-state index contributed by atoms with van der Waals surface area (Å²) in [4.78, 5) is 43.6. The molecular formula is C33H35N3O6. The molecule has 5 rings (SSSR count). The molecule has 218 valence electrons. The minimum atomic E-state index is -1.82. The number of hydrogen-bond donors (Lipinski definition) is 2. The molecule has 2 heterocycles. The van der Waals surface area contributed by atoms with E-state index in [0.717, 1.165) is 11.1 Å². The number of rotatable bonds is 11. The van der Waals surface area contributed by atoms with Crippen LogP contribution in [0.1, 0.15) is 30.0 Å². The van der Waals surface area contributed by atoms with E-state index in [0.29, 0.717) is 36.6 Å². The van der Waals surface area contributed by atoms with E-state index in [1.807, 2.05) is 66.7 Å². The highest BCUT2D eigenvalue weighted by atomic mass is 16.6. The highest BCUT2D eigenvalue weighted by Gasteiger charge is 2.52. The summed E-state index contributed by atoms with van der Waals surface area (Å²) in [5.41, 5.74) is 1.75. The van der Waals surface area contributed by atoms with Crippen LogP contribution in [0.2, 0.25) is 0 Å². The highest BCUT2D eigenvalue weighted by Crippen LogP contribution is 2.45. The van der Waals surface area contributed by atoms with Crippen molar-refractivity contribution >= 4 is 29.3 Å². The molecule has 0 bridgehead atoms. The molecule has 2 aliphatic rings. The number of fused-ring (bicyclic) bond motifs is 1. The van der Waals surface area contributed by atoms with Crippen LogP contribution in [0.15, 0.2) is 91.0 Å². The van der Waals surface area contributed by atoms with Crippen molar-refractivity contribution in [1.29, 1.82) is 0 Å². The maximum Gasteiger partial charge on any atom is 0.414 e. The second-order valence-electron chi connectivity index (χ2n) is 10.6. The molecule has 9 nitrogen and oxygen atoms in total. The molecular weight excluding hydrogens is 534 g/mol. The third-order valence-electron chi connectivity index (χ3n) is 7.82. The molecule has 0 saturated carbocycles. The summed E-state index contributed by atoms with van der Waals surface area (Å²) in [6.45, 7) is 3.20. The molecule has 9 heteroatoms. The second-order valence-corrected chi connectivity index (χ2v) is 10.6. The highest BCUT2D eigenvalue weighted by molar-refractivity contribution is 6.07. The lowest BCUT2D eigenvalue weighted by Crippen LogP contribution is -2.44. The van der Waals surface area contributed by atoms with Gasteiger partial charge in [0.05, 0.1) is 25.4 Å². The molecule has 2 aliphatic heterocycles. The minimum Gasteiger partial charge on any atom is -0.447 e. The van der Waals surface area contributed by atoms with Gasteiger partial charge in [-0.1, -0.05) is 79.7 Å². The van der Waals surface area contributed by atoms with E-state index in [-0.39, 0.29) is 32.0 Å². The molecule has 3 aromatic carbocycles. The molecule has 0 unspecified atom stereocenters. The molecule has 3 aromatic rings. The Hall–Kier alpha value is -4.47. The Balaban J connectivity index is 1.31. The average molecular weight is 570 g/mol. The molecule has 42 heavy (non-hydrogen) atoms. The molecule has 0 spiro atoms. The van der Waals surface area contributed by atoms with E-state index in [2.05, 4.69) is 0 Å². The third kappa shape index (κ3) is 5.79. The quantitative estimate of drug-likeness (QED) is 0.338. The van der Waals surface area contributed by atoms with Crippen molar-refractivity contribution in [3.8, 4) is 0 Å². The first-order chi connectivity index (χ1) is 20.3. The van der Waals surface area contributed by atoms with Crippen molar-refractivity contribution in [3.05, 3.63) is 108 Å². The standard InChI is InChI=1S/C33H35N3O6/c1-24(9-7-16-30(38)34(17-19-37)22-25-10-3-2-4-11-25)33(41)28-14-5-6-15-29(28)36(31(33)39)23-26-12-8-13-27(21-26)35-18-20-42-32(35)40/h2-15,21,24,37,41H,16-20,22-23H2,1H3/b9-7+/t24-,33+/m0/s1. The summed E-state index contributed by atoms with van der Waals surface area (Å²) in [6.07, 6.45) is 3.05. The van der Waals surface area contributed by atoms with Gasteiger partial charge in [-0.15, -0.1) is 0 Å². The molecule has 0 radical (unpaired) electrons. The van der Waals surface area contributed by atoms with Crippen LogP contribution >= 0.6 is 0 Å². The Bertz CT molecular complexity index is 1480. The fraction of sp³-hybridized carbons (Fsp3) is 0.303. The number of hydrogen-bond acceptors (Lipinski definition) is 6. The molecule has 2 N–H and O–H groups in total. The van der Waals surface area contributed by atoms with E-state index in [1.54, 1.807) is 45.9 Å². The predicted octanol–water partition coefficient (Wildman–Crippen LogP) is 3.98. The van der Waals surface area contributed by atoms with Crippen molar-refractivity contribution in [3.63, 3.8) is 0 Å². The molecule has 2 atom stereocenters. The van der Waals surface area contributed by atoms with E-state index in [4.69, 9.17) is 4.74 Å². The Morgan fingerprint density at radius 3 is 2.52 bits per heavy atom. The van der Waals surface area contributed by atoms with E-state index < -0.39 is 23.5 Å². The zero-order valence-corrected chi connectivity index (χ0v) is 23.6. The van der Waals surface area contributed by atoms with Gasteiger partial charge in [-0.3, -0.25) is 14.5 Å². The van der Waals surface area contributed by atoms with Gasteiger partial charge in [0.25, 0.3) is 5.91 Å². The van der Waals surface area contributed by atoms with Crippen LogP contribution in [-0.2, 0) is 33.0 Å². The van der Waals surface area contributed by atoms with Gasteiger partial charge >= 0.3 is 6.09 Å². The maximum atomic E-state index is 13.9. The number of ether oxygens (including phenoxy) is 1. The number of para-hydroxylation sites is 1. The summed E-state index contributed by atoms with van der Waals surface area (Å²) in [5.74, 6) is -1.25. The fourth-order valence-electron chi connectivity index (χ4n) is 5.55. The topological polar surface area (TPSA) is 111 Å². The Morgan fingerprint density at radius 2 is 1.79 bits per heavy atom. The van der Waals surface area contributed by atoms with Crippen LogP contribution in [-0.4, -0.2) is 59.3 Å². The summed E-state index contributed by atoms with van der Waals surface area (Å²) < 4.78 is 5.06. The lowest BCUT2D eigenvalue weighted by molar-refractivity contribution is -0.139. The number of aliphatic hydroxyl groups is 2. The number of aliphatic hydroxyl groups excluding tert-OH is 1. The van der Waals surface area contributed by atoms with Gasteiger partial charge in [-0.2, -0.15) is 0 Å². The van der Waals surface area contributed by atoms with Crippen LogP contribution in [0.5, 0.6) is 0 Å². The van der Waals surface area contributed by atoms with Crippen molar-refractivity contribution in [2.45, 2.75) is 32.0 Å². The monoisotopic (exact) mass is 569 g/mol. The minimum absolute atomic E-state index is 0.0680. The first kappa shape index (κ1) is 29.0. The van der Waals surface area contributed by atoms with Crippen LogP contribution in [0.3, 0.4) is 0 Å². The van der Waals surface area contributed by atoms with Crippen LogP contribution in [0, 0.1) is 5.92 Å². The van der Waals surface area contributed by atoms with Gasteiger partial charge in [-0.05, 0) is 29.3 Å².